The Hall–Kier alpha value is -2.40. The summed E-state index contributed by atoms with van der Waals surface area (Å²) in [5.41, 5.74) is 3.06. The minimum absolute atomic E-state index is 0.263. The van der Waals surface area contributed by atoms with Crippen LogP contribution in [0.1, 0.15) is 22.6 Å². The number of furan rings is 1. The van der Waals surface area contributed by atoms with Crippen LogP contribution >= 0.6 is 12.2 Å². The van der Waals surface area contributed by atoms with Crippen molar-refractivity contribution in [1.82, 2.24) is 5.32 Å². The van der Waals surface area contributed by atoms with Gasteiger partial charge in [0.05, 0.1) is 0 Å². The van der Waals surface area contributed by atoms with Crippen molar-refractivity contribution in [2.24, 2.45) is 0 Å². The van der Waals surface area contributed by atoms with Crippen LogP contribution in [0.15, 0.2) is 40.8 Å². The van der Waals surface area contributed by atoms with Crippen molar-refractivity contribution in [3.8, 4) is 0 Å². The van der Waals surface area contributed by atoms with Crippen molar-refractivity contribution < 1.29 is 9.21 Å². The van der Waals surface area contributed by atoms with E-state index in [9.17, 15) is 4.79 Å². The fourth-order valence-electron chi connectivity index (χ4n) is 1.88. The third-order valence-corrected chi connectivity index (χ3v) is 3.24. The standard InChI is InChI=1S/C17H18N2O2S/c1-11-4-5-12(2)15(10-11)18-17(22)19-16(20)9-8-14-7-6-13(3)21-14/h4-10H,1-3H3,(H2,18,19,20,22). The summed E-state index contributed by atoms with van der Waals surface area (Å²) in [6.45, 7) is 5.83. The number of thiocarbonyl (C=S) groups is 1. The van der Waals surface area contributed by atoms with Gasteiger partial charge in [0.15, 0.2) is 5.11 Å². The van der Waals surface area contributed by atoms with E-state index < -0.39 is 0 Å². The zero-order valence-corrected chi connectivity index (χ0v) is 13.6. The highest BCUT2D eigenvalue weighted by Crippen LogP contribution is 2.16. The summed E-state index contributed by atoms with van der Waals surface area (Å²) >= 11 is 5.15. The van der Waals surface area contributed by atoms with Gasteiger partial charge in [-0.1, -0.05) is 12.1 Å². The van der Waals surface area contributed by atoms with Crippen molar-refractivity contribution in [3.05, 3.63) is 59.1 Å². The fraction of sp³-hybridized carbons (Fsp3) is 0.176. The van der Waals surface area contributed by atoms with Crippen LogP contribution < -0.4 is 10.6 Å². The highest BCUT2D eigenvalue weighted by molar-refractivity contribution is 7.80. The monoisotopic (exact) mass is 314 g/mol. The van der Waals surface area contributed by atoms with E-state index in [-0.39, 0.29) is 11.0 Å². The van der Waals surface area contributed by atoms with E-state index in [1.807, 2.05) is 45.0 Å². The first kappa shape index (κ1) is 16.0. The molecule has 0 atom stereocenters. The molecule has 5 heteroatoms. The molecule has 1 aromatic carbocycles. The number of aryl methyl sites for hydroxylation is 3. The van der Waals surface area contributed by atoms with Gasteiger partial charge >= 0.3 is 0 Å². The van der Waals surface area contributed by atoms with Crippen LogP contribution in [0.3, 0.4) is 0 Å². The molecule has 1 aromatic heterocycles. The van der Waals surface area contributed by atoms with Crippen LogP contribution in [0.25, 0.3) is 6.08 Å². The van der Waals surface area contributed by atoms with Crippen LogP contribution in [-0.2, 0) is 4.79 Å². The van der Waals surface area contributed by atoms with Crippen LogP contribution in [0, 0.1) is 20.8 Å². The lowest BCUT2D eigenvalue weighted by Gasteiger charge is -2.11. The lowest BCUT2D eigenvalue weighted by molar-refractivity contribution is -0.115. The fourth-order valence-corrected chi connectivity index (χ4v) is 2.09. The van der Waals surface area contributed by atoms with Crippen molar-refractivity contribution >= 4 is 35.0 Å². The van der Waals surface area contributed by atoms with Gasteiger partial charge in [0.25, 0.3) is 0 Å². The van der Waals surface area contributed by atoms with Gasteiger partial charge in [0.2, 0.25) is 5.91 Å². The number of nitrogens with one attached hydrogen (secondary N) is 2. The molecule has 0 aliphatic carbocycles. The largest absolute Gasteiger partial charge is 0.462 e. The van der Waals surface area contributed by atoms with Gasteiger partial charge in [-0.15, -0.1) is 0 Å². The number of anilines is 1. The molecule has 2 N–H and O–H groups in total. The number of carbonyl (C=O) groups excluding carboxylic acids is 1. The molecule has 0 saturated carbocycles. The molecular weight excluding hydrogens is 296 g/mol. The average molecular weight is 314 g/mol. The summed E-state index contributed by atoms with van der Waals surface area (Å²) in [6.07, 6.45) is 2.98. The van der Waals surface area contributed by atoms with E-state index in [4.69, 9.17) is 16.6 Å². The van der Waals surface area contributed by atoms with Crippen LogP contribution in [0.5, 0.6) is 0 Å². The Morgan fingerprint density at radius 1 is 1.18 bits per heavy atom. The quantitative estimate of drug-likeness (QED) is 0.669. The Bertz CT molecular complexity index is 732. The summed E-state index contributed by atoms with van der Waals surface area (Å²) < 4.78 is 5.35. The first-order valence-corrected chi connectivity index (χ1v) is 7.28. The Labute approximate surface area is 135 Å². The van der Waals surface area contributed by atoms with E-state index in [0.717, 1.165) is 22.6 Å². The highest BCUT2D eigenvalue weighted by Gasteiger charge is 2.04. The number of benzene rings is 1. The summed E-state index contributed by atoms with van der Waals surface area (Å²) in [6, 6.07) is 9.64. The molecule has 0 fully saturated rings. The number of carbonyl (C=O) groups is 1. The van der Waals surface area contributed by atoms with Crippen LogP contribution in [0.4, 0.5) is 5.69 Å². The van der Waals surface area contributed by atoms with E-state index in [0.29, 0.717) is 5.76 Å². The van der Waals surface area contributed by atoms with Gasteiger partial charge in [0.1, 0.15) is 11.5 Å². The lowest BCUT2D eigenvalue weighted by atomic mass is 10.1. The molecule has 0 saturated heterocycles. The summed E-state index contributed by atoms with van der Waals surface area (Å²) in [5.74, 6) is 1.12. The summed E-state index contributed by atoms with van der Waals surface area (Å²) in [7, 11) is 0. The maximum atomic E-state index is 11.8. The Morgan fingerprint density at radius 3 is 2.64 bits per heavy atom. The minimum atomic E-state index is -0.308. The van der Waals surface area contributed by atoms with Crippen molar-refractivity contribution in [2.45, 2.75) is 20.8 Å². The molecule has 0 radical (unpaired) electrons. The molecule has 2 aromatic rings. The molecule has 0 bridgehead atoms. The smallest absolute Gasteiger partial charge is 0.250 e. The highest BCUT2D eigenvalue weighted by atomic mass is 32.1. The molecule has 0 aliphatic heterocycles. The third-order valence-electron chi connectivity index (χ3n) is 3.04. The number of hydrogen-bond acceptors (Lipinski definition) is 3. The van der Waals surface area contributed by atoms with Gasteiger partial charge in [-0.05, 0) is 68.4 Å². The molecule has 114 valence electrons. The molecule has 1 amide bonds. The molecule has 0 spiro atoms. The van der Waals surface area contributed by atoms with E-state index in [1.165, 1.54) is 6.08 Å². The normalized spacial score (nSPS) is 10.7. The summed E-state index contributed by atoms with van der Waals surface area (Å²) in [5, 5.41) is 5.89. The first-order chi connectivity index (χ1) is 10.4. The second kappa shape index (κ2) is 7.04. The van der Waals surface area contributed by atoms with Gasteiger partial charge in [-0.25, -0.2) is 0 Å². The molecular formula is C17H18N2O2S. The van der Waals surface area contributed by atoms with E-state index in [1.54, 1.807) is 12.1 Å². The minimum Gasteiger partial charge on any atom is -0.462 e. The SMILES string of the molecule is Cc1ccc(C)c(NC(=S)NC(=O)C=Cc2ccc(C)o2)c1. The van der Waals surface area contributed by atoms with Gasteiger partial charge < -0.3 is 9.73 Å². The van der Waals surface area contributed by atoms with Crippen LogP contribution in [0.2, 0.25) is 0 Å². The predicted octanol–water partition coefficient (Wildman–Crippen LogP) is 3.73. The van der Waals surface area contributed by atoms with E-state index >= 15 is 0 Å². The van der Waals surface area contributed by atoms with Crippen molar-refractivity contribution in [3.63, 3.8) is 0 Å². The number of amides is 1. The Kier molecular flexibility index (Phi) is 5.12. The van der Waals surface area contributed by atoms with E-state index in [2.05, 4.69) is 10.6 Å². The molecule has 22 heavy (non-hydrogen) atoms. The molecule has 1 heterocycles. The third kappa shape index (κ3) is 4.56. The average Bonchev–Trinajstić information content (AvgIpc) is 2.86. The van der Waals surface area contributed by atoms with Gasteiger partial charge in [0, 0.05) is 11.8 Å². The molecule has 0 aliphatic rings. The maximum absolute atomic E-state index is 11.8. The van der Waals surface area contributed by atoms with Crippen molar-refractivity contribution in [1.29, 1.82) is 0 Å². The second-order valence-corrected chi connectivity index (χ2v) is 5.45. The molecule has 2 rings (SSSR count). The summed E-state index contributed by atoms with van der Waals surface area (Å²) in [4.78, 5) is 11.8. The van der Waals surface area contributed by atoms with Gasteiger partial charge in [-0.3, -0.25) is 10.1 Å². The van der Waals surface area contributed by atoms with Gasteiger partial charge in [-0.2, -0.15) is 0 Å². The zero-order valence-electron chi connectivity index (χ0n) is 12.8. The zero-order chi connectivity index (χ0) is 16.1. The maximum Gasteiger partial charge on any atom is 0.250 e. The predicted molar refractivity (Wildman–Crippen MR) is 92.8 cm³/mol. The lowest BCUT2D eigenvalue weighted by Crippen LogP contribution is -2.33. The Morgan fingerprint density at radius 2 is 1.95 bits per heavy atom. The van der Waals surface area contributed by atoms with Crippen molar-refractivity contribution in [2.75, 3.05) is 5.32 Å². The molecule has 0 unspecified atom stereocenters. The topological polar surface area (TPSA) is 54.3 Å². The number of rotatable bonds is 3. The molecule has 4 nitrogen and oxygen atoms in total. The van der Waals surface area contributed by atoms with Crippen LogP contribution in [-0.4, -0.2) is 11.0 Å². The first-order valence-electron chi connectivity index (χ1n) is 6.88. The Balaban J connectivity index is 1.92. The second-order valence-electron chi connectivity index (χ2n) is 5.04. The number of hydrogen-bond donors (Lipinski definition) is 2.